The summed E-state index contributed by atoms with van der Waals surface area (Å²) in [6, 6.07) is 17.2. The monoisotopic (exact) mass is 462 g/mol. The highest BCUT2D eigenvalue weighted by molar-refractivity contribution is 5.89. The van der Waals surface area contributed by atoms with Gasteiger partial charge in [-0.1, -0.05) is 18.2 Å². The Morgan fingerprint density at radius 2 is 1.65 bits per heavy atom. The maximum atomic E-state index is 14.3. The maximum absolute atomic E-state index is 14.3. The molecule has 0 radical (unpaired) electrons. The van der Waals surface area contributed by atoms with Crippen LogP contribution >= 0.6 is 0 Å². The molecule has 1 atom stereocenters. The van der Waals surface area contributed by atoms with Crippen LogP contribution in [-0.4, -0.2) is 30.4 Å². The van der Waals surface area contributed by atoms with Crippen molar-refractivity contribution < 1.29 is 28.5 Å². The minimum atomic E-state index is -1.19. The molecule has 0 spiro atoms. The second-order valence-corrected chi connectivity index (χ2v) is 7.48. The number of carbonyl (C=O) groups is 1. The first-order valence-electron chi connectivity index (χ1n) is 10.5. The van der Waals surface area contributed by atoms with Gasteiger partial charge in [-0.15, -0.1) is 0 Å². The molecular weight excluding hydrogens is 439 g/mol. The van der Waals surface area contributed by atoms with Crippen molar-refractivity contribution in [3.05, 3.63) is 84.3 Å². The Morgan fingerprint density at radius 1 is 0.971 bits per heavy atom. The quantitative estimate of drug-likeness (QED) is 0.341. The molecule has 4 rings (SSSR count). The molecule has 8 heteroatoms. The molecule has 4 aromatic rings. The number of fused-ring (bicyclic) bond motifs is 1. The number of anilines is 1. The van der Waals surface area contributed by atoms with Crippen molar-refractivity contribution in [2.24, 2.45) is 0 Å². The Labute approximate surface area is 195 Å². The van der Waals surface area contributed by atoms with E-state index in [1.54, 1.807) is 88.0 Å². The summed E-state index contributed by atoms with van der Waals surface area (Å²) in [4.78, 5) is 17.5. The van der Waals surface area contributed by atoms with Crippen molar-refractivity contribution in [1.82, 2.24) is 4.98 Å². The van der Waals surface area contributed by atoms with E-state index in [4.69, 9.17) is 14.2 Å². The standard InChI is InChI=1S/C26H23FN2O5/c1-16(19-6-4-5-7-21(19)27)29(26(30)31)17-8-10-18(11-9-17)34-23-12-13-28-22-15-25(33-3)24(32-2)14-20(22)23/h4-16H,1-3H3,(H,30,31). The topological polar surface area (TPSA) is 81.1 Å². The number of carboxylic acid groups (broad SMARTS) is 1. The fourth-order valence-corrected chi connectivity index (χ4v) is 3.79. The fourth-order valence-electron chi connectivity index (χ4n) is 3.79. The fraction of sp³-hybridized carbons (Fsp3) is 0.154. The summed E-state index contributed by atoms with van der Waals surface area (Å²) in [5.74, 6) is 1.69. The van der Waals surface area contributed by atoms with Crippen LogP contribution in [0.25, 0.3) is 10.9 Å². The third-order valence-electron chi connectivity index (χ3n) is 5.50. The number of aromatic nitrogens is 1. The second kappa shape index (κ2) is 9.66. The van der Waals surface area contributed by atoms with Gasteiger partial charge in [-0.3, -0.25) is 9.88 Å². The number of benzene rings is 3. The number of hydrogen-bond donors (Lipinski definition) is 1. The van der Waals surface area contributed by atoms with E-state index in [0.717, 1.165) is 10.3 Å². The van der Waals surface area contributed by atoms with Crippen molar-refractivity contribution in [3.63, 3.8) is 0 Å². The summed E-state index contributed by atoms with van der Waals surface area (Å²) in [5, 5.41) is 10.5. The van der Waals surface area contributed by atoms with Crippen LogP contribution in [0.4, 0.5) is 14.9 Å². The Kier molecular flexibility index (Phi) is 6.49. The number of pyridine rings is 1. The molecule has 3 aromatic carbocycles. The number of methoxy groups -OCH3 is 2. The van der Waals surface area contributed by atoms with Gasteiger partial charge in [0, 0.05) is 28.9 Å². The van der Waals surface area contributed by atoms with Crippen molar-refractivity contribution >= 4 is 22.7 Å². The summed E-state index contributed by atoms with van der Waals surface area (Å²) in [7, 11) is 3.11. The highest BCUT2D eigenvalue weighted by atomic mass is 19.1. The predicted octanol–water partition coefficient (Wildman–Crippen LogP) is 6.43. The van der Waals surface area contributed by atoms with E-state index < -0.39 is 18.0 Å². The summed E-state index contributed by atoms with van der Waals surface area (Å²) >= 11 is 0. The van der Waals surface area contributed by atoms with Crippen LogP contribution in [0.2, 0.25) is 0 Å². The smallest absolute Gasteiger partial charge is 0.412 e. The number of rotatable bonds is 7. The summed E-state index contributed by atoms with van der Waals surface area (Å²) in [6.45, 7) is 1.64. The highest BCUT2D eigenvalue weighted by Gasteiger charge is 2.25. The van der Waals surface area contributed by atoms with Gasteiger partial charge in [-0.25, -0.2) is 9.18 Å². The van der Waals surface area contributed by atoms with Gasteiger partial charge in [-0.2, -0.15) is 0 Å². The SMILES string of the molecule is COc1cc2nccc(Oc3ccc(N(C(=O)O)C(C)c4ccccc4F)cc3)c2cc1OC. The minimum Gasteiger partial charge on any atom is -0.493 e. The molecule has 7 nitrogen and oxygen atoms in total. The van der Waals surface area contributed by atoms with Crippen LogP contribution in [0, 0.1) is 5.82 Å². The van der Waals surface area contributed by atoms with Gasteiger partial charge in [0.05, 0.1) is 25.8 Å². The normalized spacial score (nSPS) is 11.6. The molecule has 0 aliphatic carbocycles. The molecule has 174 valence electrons. The average molecular weight is 462 g/mol. The molecule has 0 fully saturated rings. The number of hydrogen-bond acceptors (Lipinski definition) is 5. The largest absolute Gasteiger partial charge is 0.493 e. The van der Waals surface area contributed by atoms with E-state index in [1.807, 2.05) is 0 Å². The third kappa shape index (κ3) is 4.43. The molecule has 0 aliphatic heterocycles. The van der Waals surface area contributed by atoms with Crippen LogP contribution in [0.5, 0.6) is 23.0 Å². The Morgan fingerprint density at radius 3 is 2.29 bits per heavy atom. The van der Waals surface area contributed by atoms with Gasteiger partial charge < -0.3 is 19.3 Å². The van der Waals surface area contributed by atoms with E-state index in [0.29, 0.717) is 34.2 Å². The molecular formula is C26H23FN2O5. The Balaban J connectivity index is 1.63. The van der Waals surface area contributed by atoms with E-state index in [2.05, 4.69) is 4.98 Å². The molecule has 0 bridgehead atoms. The first-order valence-corrected chi connectivity index (χ1v) is 10.5. The Bertz CT molecular complexity index is 1330. The van der Waals surface area contributed by atoms with Crippen molar-refractivity contribution in [2.45, 2.75) is 13.0 Å². The predicted molar refractivity (Wildman–Crippen MR) is 127 cm³/mol. The van der Waals surface area contributed by atoms with Gasteiger partial charge in [0.25, 0.3) is 0 Å². The maximum Gasteiger partial charge on any atom is 0.412 e. The molecule has 1 N–H and O–H groups in total. The Hall–Kier alpha value is -4.33. The lowest BCUT2D eigenvalue weighted by Gasteiger charge is -2.27. The van der Waals surface area contributed by atoms with Crippen LogP contribution in [0.3, 0.4) is 0 Å². The second-order valence-electron chi connectivity index (χ2n) is 7.48. The van der Waals surface area contributed by atoms with Crippen molar-refractivity contribution in [1.29, 1.82) is 0 Å². The molecule has 1 unspecified atom stereocenters. The lowest BCUT2D eigenvalue weighted by Crippen LogP contribution is -2.32. The molecule has 0 saturated heterocycles. The van der Waals surface area contributed by atoms with Gasteiger partial charge in [0.2, 0.25) is 0 Å². The van der Waals surface area contributed by atoms with Crippen LogP contribution in [0.1, 0.15) is 18.5 Å². The van der Waals surface area contributed by atoms with Crippen LogP contribution in [-0.2, 0) is 0 Å². The lowest BCUT2D eigenvalue weighted by atomic mass is 10.1. The number of halogens is 1. The number of ether oxygens (including phenoxy) is 3. The molecule has 0 aliphatic rings. The zero-order valence-electron chi connectivity index (χ0n) is 18.9. The zero-order chi connectivity index (χ0) is 24.2. The molecule has 1 heterocycles. The summed E-state index contributed by atoms with van der Waals surface area (Å²) < 4.78 is 31.0. The number of amides is 1. The van der Waals surface area contributed by atoms with Crippen LogP contribution < -0.4 is 19.1 Å². The van der Waals surface area contributed by atoms with Gasteiger partial charge in [0.15, 0.2) is 11.5 Å². The minimum absolute atomic E-state index is 0.290. The molecule has 1 amide bonds. The van der Waals surface area contributed by atoms with E-state index in [1.165, 1.54) is 6.07 Å². The number of nitrogens with zero attached hydrogens (tertiary/aromatic N) is 2. The molecule has 34 heavy (non-hydrogen) atoms. The highest BCUT2D eigenvalue weighted by Crippen LogP contribution is 2.37. The van der Waals surface area contributed by atoms with Crippen molar-refractivity contribution in [3.8, 4) is 23.0 Å². The van der Waals surface area contributed by atoms with Gasteiger partial charge in [0.1, 0.15) is 17.3 Å². The first-order chi connectivity index (χ1) is 16.4. The average Bonchev–Trinajstić information content (AvgIpc) is 2.84. The van der Waals surface area contributed by atoms with E-state index in [9.17, 15) is 14.3 Å². The van der Waals surface area contributed by atoms with E-state index >= 15 is 0 Å². The zero-order valence-corrected chi connectivity index (χ0v) is 18.9. The van der Waals surface area contributed by atoms with Gasteiger partial charge >= 0.3 is 6.09 Å². The van der Waals surface area contributed by atoms with E-state index in [-0.39, 0.29) is 5.56 Å². The van der Waals surface area contributed by atoms with Crippen molar-refractivity contribution in [2.75, 3.05) is 19.1 Å². The summed E-state index contributed by atoms with van der Waals surface area (Å²) in [6.07, 6.45) is 0.436. The van der Waals surface area contributed by atoms with Gasteiger partial charge in [-0.05, 0) is 49.4 Å². The first kappa shape index (κ1) is 22.8. The molecule has 1 aromatic heterocycles. The lowest BCUT2D eigenvalue weighted by molar-refractivity contribution is 0.199. The molecule has 0 saturated carbocycles. The third-order valence-corrected chi connectivity index (χ3v) is 5.50. The summed E-state index contributed by atoms with van der Waals surface area (Å²) in [5.41, 5.74) is 1.35. The van der Waals surface area contributed by atoms with Crippen LogP contribution in [0.15, 0.2) is 72.9 Å².